The molecule has 1 aliphatic rings. The highest BCUT2D eigenvalue weighted by atomic mass is 32.1. The molecule has 7 heteroatoms. The molecule has 2 N–H and O–H groups in total. The van der Waals surface area contributed by atoms with Gasteiger partial charge in [0.15, 0.2) is 5.11 Å². The molecule has 0 atom stereocenters. The van der Waals surface area contributed by atoms with Crippen molar-refractivity contribution >= 4 is 34.6 Å². The Morgan fingerprint density at radius 1 is 1.41 bits per heavy atom. The number of nitro benzene ring substituents is 1. The molecule has 0 bridgehead atoms. The maximum Gasteiger partial charge on any atom is 0.274 e. The van der Waals surface area contributed by atoms with E-state index < -0.39 is 4.92 Å². The van der Waals surface area contributed by atoms with E-state index in [1.807, 2.05) is 0 Å². The van der Waals surface area contributed by atoms with Crippen LogP contribution in [-0.2, 0) is 4.79 Å². The third-order valence-electron chi connectivity index (χ3n) is 3.87. The number of rotatable bonds is 4. The second-order valence-electron chi connectivity index (χ2n) is 5.62. The first-order valence-corrected chi connectivity index (χ1v) is 7.72. The van der Waals surface area contributed by atoms with Crippen LogP contribution >= 0.6 is 12.2 Å². The van der Waals surface area contributed by atoms with E-state index in [0.717, 1.165) is 12.8 Å². The predicted molar refractivity (Wildman–Crippen MR) is 88.8 cm³/mol. The van der Waals surface area contributed by atoms with E-state index in [2.05, 4.69) is 10.6 Å². The van der Waals surface area contributed by atoms with E-state index in [4.69, 9.17) is 12.2 Å². The standard InChI is InChI=1S/C15H19N3O3S/c1-10-6-7-12(9-13(10)18(20)21)16-15(22)17-14(19)8-11-4-2-3-5-11/h6-7,9,11H,2-5,8H2,1H3,(H2,16,17,19,22). The molecule has 2 rings (SSSR count). The Morgan fingerprint density at radius 3 is 2.73 bits per heavy atom. The van der Waals surface area contributed by atoms with Crippen molar-refractivity contribution in [3.8, 4) is 0 Å². The van der Waals surface area contributed by atoms with Gasteiger partial charge in [0.05, 0.1) is 4.92 Å². The van der Waals surface area contributed by atoms with Gasteiger partial charge < -0.3 is 10.6 Å². The van der Waals surface area contributed by atoms with Crippen molar-refractivity contribution in [2.75, 3.05) is 5.32 Å². The lowest BCUT2D eigenvalue weighted by Crippen LogP contribution is -2.34. The molecule has 0 radical (unpaired) electrons. The fourth-order valence-electron chi connectivity index (χ4n) is 2.70. The summed E-state index contributed by atoms with van der Waals surface area (Å²) in [4.78, 5) is 22.3. The van der Waals surface area contributed by atoms with Crippen molar-refractivity contribution in [1.82, 2.24) is 5.32 Å². The van der Waals surface area contributed by atoms with Crippen LogP contribution in [0.3, 0.4) is 0 Å². The molecule has 0 aromatic heterocycles. The van der Waals surface area contributed by atoms with Crippen molar-refractivity contribution in [2.45, 2.75) is 39.0 Å². The van der Waals surface area contributed by atoms with Crippen molar-refractivity contribution in [3.63, 3.8) is 0 Å². The van der Waals surface area contributed by atoms with E-state index in [1.54, 1.807) is 19.1 Å². The summed E-state index contributed by atoms with van der Waals surface area (Å²) in [6, 6.07) is 4.74. The zero-order chi connectivity index (χ0) is 16.1. The van der Waals surface area contributed by atoms with Gasteiger partial charge in [0.25, 0.3) is 5.69 Å². The van der Waals surface area contributed by atoms with Gasteiger partial charge >= 0.3 is 0 Å². The van der Waals surface area contributed by atoms with Crippen molar-refractivity contribution in [1.29, 1.82) is 0 Å². The fourth-order valence-corrected chi connectivity index (χ4v) is 2.93. The molecule has 1 saturated carbocycles. The van der Waals surface area contributed by atoms with Gasteiger partial charge in [-0.3, -0.25) is 14.9 Å². The molecule has 1 fully saturated rings. The van der Waals surface area contributed by atoms with Crippen LogP contribution < -0.4 is 10.6 Å². The molecular weight excluding hydrogens is 302 g/mol. The second-order valence-corrected chi connectivity index (χ2v) is 6.02. The Balaban J connectivity index is 1.90. The molecular formula is C15H19N3O3S. The van der Waals surface area contributed by atoms with Gasteiger partial charge in [-0.1, -0.05) is 18.9 Å². The summed E-state index contributed by atoms with van der Waals surface area (Å²) in [6.45, 7) is 1.67. The molecule has 0 unspecified atom stereocenters. The normalized spacial score (nSPS) is 14.6. The highest BCUT2D eigenvalue weighted by molar-refractivity contribution is 7.80. The number of hydrogen-bond acceptors (Lipinski definition) is 4. The third kappa shape index (κ3) is 4.49. The maximum atomic E-state index is 11.9. The van der Waals surface area contributed by atoms with Crippen molar-refractivity contribution < 1.29 is 9.72 Å². The topological polar surface area (TPSA) is 84.3 Å². The molecule has 0 heterocycles. The number of carbonyl (C=O) groups is 1. The van der Waals surface area contributed by atoms with Crippen LogP contribution in [0.1, 0.15) is 37.7 Å². The lowest BCUT2D eigenvalue weighted by atomic mass is 10.0. The zero-order valence-corrected chi connectivity index (χ0v) is 13.2. The molecule has 0 aliphatic heterocycles. The fraction of sp³-hybridized carbons (Fsp3) is 0.467. The van der Waals surface area contributed by atoms with Gasteiger partial charge in [-0.2, -0.15) is 0 Å². The van der Waals surface area contributed by atoms with Crippen LogP contribution in [0.25, 0.3) is 0 Å². The lowest BCUT2D eigenvalue weighted by Gasteiger charge is -2.12. The van der Waals surface area contributed by atoms with Crippen LogP contribution in [0.4, 0.5) is 11.4 Å². The van der Waals surface area contributed by atoms with Crippen LogP contribution in [-0.4, -0.2) is 15.9 Å². The average Bonchev–Trinajstić information content (AvgIpc) is 2.93. The number of carbonyl (C=O) groups excluding carboxylic acids is 1. The lowest BCUT2D eigenvalue weighted by molar-refractivity contribution is -0.385. The largest absolute Gasteiger partial charge is 0.332 e. The molecule has 0 spiro atoms. The third-order valence-corrected chi connectivity index (χ3v) is 4.07. The van der Waals surface area contributed by atoms with E-state index in [0.29, 0.717) is 23.6 Å². The summed E-state index contributed by atoms with van der Waals surface area (Å²) in [5, 5.41) is 16.5. The predicted octanol–water partition coefficient (Wildman–Crippen LogP) is 3.30. The van der Waals surface area contributed by atoms with Gasteiger partial charge in [-0.15, -0.1) is 0 Å². The van der Waals surface area contributed by atoms with Crippen molar-refractivity contribution in [3.05, 3.63) is 33.9 Å². The molecule has 118 valence electrons. The molecule has 1 amide bonds. The summed E-state index contributed by atoms with van der Waals surface area (Å²) in [6.07, 6.45) is 5.05. The quantitative estimate of drug-likeness (QED) is 0.505. The van der Waals surface area contributed by atoms with Crippen molar-refractivity contribution in [2.24, 2.45) is 5.92 Å². The van der Waals surface area contributed by atoms with E-state index in [1.165, 1.54) is 18.9 Å². The minimum atomic E-state index is -0.442. The SMILES string of the molecule is Cc1ccc(NC(=S)NC(=O)CC2CCCC2)cc1[N+](=O)[O-]. The molecule has 0 saturated heterocycles. The number of aryl methyl sites for hydroxylation is 1. The van der Waals surface area contributed by atoms with E-state index in [9.17, 15) is 14.9 Å². The highest BCUT2D eigenvalue weighted by Crippen LogP contribution is 2.27. The average molecular weight is 321 g/mol. The van der Waals surface area contributed by atoms with Crippen LogP contribution in [0.2, 0.25) is 0 Å². The number of nitrogens with zero attached hydrogens (tertiary/aromatic N) is 1. The Bertz CT molecular complexity index is 598. The van der Waals surface area contributed by atoms with Gasteiger partial charge in [-0.25, -0.2) is 0 Å². The number of nitro groups is 1. The number of amides is 1. The Kier molecular flexibility index (Phi) is 5.43. The molecule has 6 nitrogen and oxygen atoms in total. The summed E-state index contributed by atoms with van der Waals surface area (Å²) in [7, 11) is 0. The van der Waals surface area contributed by atoms with E-state index >= 15 is 0 Å². The van der Waals surface area contributed by atoms with Gasteiger partial charge in [0.1, 0.15) is 0 Å². The molecule has 1 aliphatic carbocycles. The van der Waals surface area contributed by atoms with Gasteiger partial charge in [0.2, 0.25) is 5.91 Å². The minimum Gasteiger partial charge on any atom is -0.332 e. The zero-order valence-electron chi connectivity index (χ0n) is 12.4. The monoisotopic (exact) mass is 321 g/mol. The van der Waals surface area contributed by atoms with Crippen LogP contribution in [0.15, 0.2) is 18.2 Å². The first-order valence-electron chi connectivity index (χ1n) is 7.31. The second kappa shape index (κ2) is 7.31. The van der Waals surface area contributed by atoms with Crippen LogP contribution in [0.5, 0.6) is 0 Å². The minimum absolute atomic E-state index is 0.0186. The molecule has 1 aromatic rings. The Morgan fingerprint density at radius 2 is 2.09 bits per heavy atom. The number of anilines is 1. The summed E-state index contributed by atoms with van der Waals surface area (Å²) in [5.41, 5.74) is 1.08. The summed E-state index contributed by atoms with van der Waals surface area (Å²) < 4.78 is 0. The number of benzene rings is 1. The maximum absolute atomic E-state index is 11.9. The molecule has 22 heavy (non-hydrogen) atoms. The Labute approximate surface area is 134 Å². The summed E-state index contributed by atoms with van der Waals surface area (Å²) >= 11 is 5.08. The number of hydrogen-bond donors (Lipinski definition) is 2. The number of nitrogens with one attached hydrogen (secondary N) is 2. The van der Waals surface area contributed by atoms with Gasteiger partial charge in [0, 0.05) is 23.7 Å². The smallest absolute Gasteiger partial charge is 0.274 e. The summed E-state index contributed by atoms with van der Waals surface area (Å²) in [5.74, 6) is 0.342. The van der Waals surface area contributed by atoms with Gasteiger partial charge in [-0.05, 0) is 44.0 Å². The molecule has 1 aromatic carbocycles. The number of thiocarbonyl (C=S) groups is 1. The highest BCUT2D eigenvalue weighted by Gasteiger charge is 2.19. The Hall–Kier alpha value is -2.02. The van der Waals surface area contributed by atoms with Crippen LogP contribution in [0, 0.1) is 23.0 Å². The first-order chi connectivity index (χ1) is 10.5. The first kappa shape index (κ1) is 16.4. The van der Waals surface area contributed by atoms with E-state index in [-0.39, 0.29) is 16.7 Å².